The number of allylic oxidation sites excluding steroid dienone is 20. The number of aliphatic hydroxyl groups is 3. The van der Waals surface area contributed by atoms with Crippen molar-refractivity contribution < 1.29 is 52.9 Å². The van der Waals surface area contributed by atoms with Gasteiger partial charge in [0.1, 0.15) is 12.7 Å². The van der Waals surface area contributed by atoms with E-state index in [9.17, 15) is 24.2 Å². The number of unbranched alkanes of at least 4 members (excludes halogenated alkanes) is 4. The lowest BCUT2D eigenvalue weighted by Crippen LogP contribution is -2.29. The molecule has 338 valence electrons. The minimum absolute atomic E-state index is 0.0339. The molecule has 0 spiro atoms. The van der Waals surface area contributed by atoms with Gasteiger partial charge < -0.3 is 29.7 Å². The van der Waals surface area contributed by atoms with Crippen LogP contribution in [0.3, 0.4) is 0 Å². The van der Waals surface area contributed by atoms with Crippen molar-refractivity contribution in [1.82, 2.24) is 0 Å². The molecule has 0 fully saturated rings. The summed E-state index contributed by atoms with van der Waals surface area (Å²) in [6.45, 7) is 0.0841. The highest BCUT2D eigenvalue weighted by molar-refractivity contribution is 7.47. The van der Waals surface area contributed by atoms with Gasteiger partial charge in [-0.1, -0.05) is 135 Å². The second-order valence-corrected chi connectivity index (χ2v) is 15.2. The highest BCUT2D eigenvalue weighted by Gasteiger charge is 2.27. The molecule has 0 bridgehead atoms. The highest BCUT2D eigenvalue weighted by Crippen LogP contribution is 2.43. The van der Waals surface area contributed by atoms with E-state index >= 15 is 0 Å². The van der Waals surface area contributed by atoms with Crippen LogP contribution in [0, 0.1) is 0 Å². The van der Waals surface area contributed by atoms with Crippen LogP contribution in [0.25, 0.3) is 0 Å². The number of aliphatic hydroxyl groups excluding tert-OH is 3. The van der Waals surface area contributed by atoms with E-state index in [1.54, 1.807) is 0 Å². The predicted molar refractivity (Wildman–Crippen MR) is 243 cm³/mol. The highest BCUT2D eigenvalue weighted by atomic mass is 31.2. The summed E-state index contributed by atoms with van der Waals surface area (Å²) in [6, 6.07) is 0. The van der Waals surface area contributed by atoms with E-state index < -0.39 is 51.8 Å². The van der Waals surface area contributed by atoms with Crippen LogP contribution in [-0.2, 0) is 32.7 Å². The van der Waals surface area contributed by atoms with Crippen LogP contribution in [0.15, 0.2) is 122 Å². The van der Waals surface area contributed by atoms with Gasteiger partial charge in [0.15, 0.2) is 6.10 Å². The lowest BCUT2D eigenvalue weighted by atomic mass is 10.2. The molecule has 0 rings (SSSR count). The molecule has 12 heteroatoms. The van der Waals surface area contributed by atoms with Gasteiger partial charge in [0.25, 0.3) is 0 Å². The van der Waals surface area contributed by atoms with Crippen LogP contribution in [0.4, 0.5) is 0 Å². The Balaban J connectivity index is 4.54. The summed E-state index contributed by atoms with van der Waals surface area (Å²) in [4.78, 5) is 34.9. The number of phosphoric ester groups is 1. The molecule has 11 nitrogen and oxygen atoms in total. The molecule has 60 heavy (non-hydrogen) atoms. The zero-order valence-corrected chi connectivity index (χ0v) is 37.0. The molecule has 0 aromatic heterocycles. The molecule has 0 aliphatic heterocycles. The van der Waals surface area contributed by atoms with Crippen molar-refractivity contribution in [3.8, 4) is 0 Å². The minimum atomic E-state index is -4.67. The zero-order chi connectivity index (χ0) is 44.0. The third-order valence-electron chi connectivity index (χ3n) is 8.17. The van der Waals surface area contributed by atoms with E-state index in [0.29, 0.717) is 25.7 Å². The average molecular weight is 859 g/mol. The molecule has 0 aromatic carbocycles. The van der Waals surface area contributed by atoms with E-state index in [1.807, 2.05) is 30.4 Å². The van der Waals surface area contributed by atoms with Gasteiger partial charge in [-0.15, -0.1) is 0 Å². The maximum atomic E-state index is 12.6. The quantitative estimate of drug-likeness (QED) is 0.0201. The zero-order valence-electron chi connectivity index (χ0n) is 36.1. The molecule has 4 N–H and O–H groups in total. The van der Waals surface area contributed by atoms with Gasteiger partial charge in [-0.2, -0.15) is 0 Å². The Morgan fingerprint density at radius 3 is 1.42 bits per heavy atom. The van der Waals surface area contributed by atoms with Gasteiger partial charge in [0.05, 0.1) is 19.8 Å². The van der Waals surface area contributed by atoms with E-state index in [1.165, 1.54) is 0 Å². The van der Waals surface area contributed by atoms with Crippen molar-refractivity contribution in [2.24, 2.45) is 0 Å². The van der Waals surface area contributed by atoms with Crippen molar-refractivity contribution in [3.63, 3.8) is 0 Å². The SMILES string of the molecule is CC/C=C\C/C=C\C/C=C\C/C=C\C/C=C\C/C=C\CCC(=O)O[C@H](COC(=O)CCC/C=C\C/C=C\C/C=C\C/C=C\CCCCCO)COP(=O)(O)OC[C@@H](O)CO. The van der Waals surface area contributed by atoms with E-state index in [4.69, 9.17) is 24.2 Å². The van der Waals surface area contributed by atoms with Crippen molar-refractivity contribution in [1.29, 1.82) is 0 Å². The van der Waals surface area contributed by atoms with Crippen LogP contribution >= 0.6 is 7.82 Å². The summed E-state index contributed by atoms with van der Waals surface area (Å²) in [5.74, 6) is -1.12. The summed E-state index contributed by atoms with van der Waals surface area (Å²) in [5, 5.41) is 27.1. The smallest absolute Gasteiger partial charge is 0.462 e. The van der Waals surface area contributed by atoms with Crippen LogP contribution in [0.2, 0.25) is 0 Å². The maximum Gasteiger partial charge on any atom is 0.472 e. The Kier molecular flexibility index (Phi) is 40.8. The fraction of sp³-hybridized carbons (Fsp3) is 0.542. The number of carbonyl (C=O) groups is 2. The predicted octanol–water partition coefficient (Wildman–Crippen LogP) is 10.5. The summed E-state index contributed by atoms with van der Waals surface area (Å²) in [5.41, 5.74) is 0. The summed E-state index contributed by atoms with van der Waals surface area (Å²) in [7, 11) is -4.67. The molecule has 1 unspecified atom stereocenters. The Hall–Kier alpha value is -3.67. The molecule has 0 aliphatic rings. The second kappa shape index (κ2) is 43.4. The number of esters is 2. The third-order valence-corrected chi connectivity index (χ3v) is 9.12. The molecule has 0 saturated carbocycles. The first-order valence-electron chi connectivity index (χ1n) is 21.6. The van der Waals surface area contributed by atoms with E-state index in [0.717, 1.165) is 77.0 Å². The van der Waals surface area contributed by atoms with Gasteiger partial charge in [-0.25, -0.2) is 4.57 Å². The van der Waals surface area contributed by atoms with Crippen molar-refractivity contribution in [3.05, 3.63) is 122 Å². The molecule has 0 aromatic rings. The molecule has 0 amide bonds. The minimum Gasteiger partial charge on any atom is -0.462 e. The van der Waals surface area contributed by atoms with Crippen molar-refractivity contribution in [2.45, 2.75) is 135 Å². The second-order valence-electron chi connectivity index (χ2n) is 13.7. The lowest BCUT2D eigenvalue weighted by molar-refractivity contribution is -0.161. The summed E-state index contributed by atoms with van der Waals surface area (Å²) in [6.07, 6.45) is 53.4. The normalized spacial score (nSPS) is 14.9. The molecule has 3 atom stereocenters. The average Bonchev–Trinajstić information content (AvgIpc) is 3.24. The Morgan fingerprint density at radius 1 is 0.517 bits per heavy atom. The first-order chi connectivity index (χ1) is 29.2. The van der Waals surface area contributed by atoms with Gasteiger partial charge in [-0.05, 0) is 96.3 Å². The van der Waals surface area contributed by atoms with Crippen LogP contribution in [0.5, 0.6) is 0 Å². The first-order valence-corrected chi connectivity index (χ1v) is 23.1. The van der Waals surface area contributed by atoms with Crippen molar-refractivity contribution in [2.75, 3.05) is 33.0 Å². The number of ether oxygens (including phenoxy) is 2. The Morgan fingerprint density at radius 2 is 0.950 bits per heavy atom. The molecular formula is C48H75O11P. The number of phosphoric acid groups is 1. The molecule has 0 saturated heterocycles. The van der Waals surface area contributed by atoms with Crippen LogP contribution < -0.4 is 0 Å². The summed E-state index contributed by atoms with van der Waals surface area (Å²) >= 11 is 0. The molecule has 0 radical (unpaired) electrons. The molecule has 0 aliphatic carbocycles. The standard InChI is InChI=1S/C48H75O11P/c1-2-3-4-5-6-7-8-9-10-11-12-14-18-21-24-27-30-33-36-39-48(53)59-46(44-58-60(54,55)57-42-45(51)41-50)43-56-47(52)38-35-32-29-26-23-20-17-15-13-16-19-22-25-28-31-34-37-40-49/h3-4,6-7,9-10,12-14,16-17,20-22,24-26,29-30,33,45-46,49-51H,2,5,8,11,15,18-19,23,27-28,31-32,34-44H2,1H3,(H,54,55)/b4-3-,7-6-,10-9-,14-12-,16-13-,20-17-,24-21-,25-22-,29-26-,33-30-/t45-,46+/m0/s1. The van der Waals surface area contributed by atoms with Gasteiger partial charge in [-0.3, -0.25) is 18.6 Å². The first kappa shape index (κ1) is 56.3. The number of hydrogen-bond donors (Lipinski definition) is 4. The lowest BCUT2D eigenvalue weighted by Gasteiger charge is -2.20. The Bertz CT molecular complexity index is 1400. The number of rotatable bonds is 39. The fourth-order valence-electron chi connectivity index (χ4n) is 4.87. The third kappa shape index (κ3) is 42.5. The van der Waals surface area contributed by atoms with E-state index in [2.05, 4.69) is 103 Å². The van der Waals surface area contributed by atoms with Crippen molar-refractivity contribution >= 4 is 19.8 Å². The van der Waals surface area contributed by atoms with Gasteiger partial charge >= 0.3 is 19.8 Å². The monoisotopic (exact) mass is 859 g/mol. The van der Waals surface area contributed by atoms with Crippen LogP contribution in [-0.4, -0.2) is 77.4 Å². The maximum absolute atomic E-state index is 12.6. The number of hydrogen-bond acceptors (Lipinski definition) is 10. The molecular weight excluding hydrogens is 783 g/mol. The molecule has 0 heterocycles. The summed E-state index contributed by atoms with van der Waals surface area (Å²) < 4.78 is 32.5. The van der Waals surface area contributed by atoms with E-state index in [-0.39, 0.29) is 26.1 Å². The largest absolute Gasteiger partial charge is 0.472 e. The van der Waals surface area contributed by atoms with Gasteiger partial charge in [0.2, 0.25) is 0 Å². The fourth-order valence-corrected chi connectivity index (χ4v) is 5.66. The topological polar surface area (TPSA) is 169 Å². The number of carbonyl (C=O) groups excluding carboxylic acids is 2. The van der Waals surface area contributed by atoms with Gasteiger partial charge in [0, 0.05) is 19.4 Å². The van der Waals surface area contributed by atoms with Crippen LogP contribution in [0.1, 0.15) is 122 Å². The Labute approximate surface area is 360 Å².